The second-order valence-electron chi connectivity index (χ2n) is 7.61. The van der Waals surface area contributed by atoms with Gasteiger partial charge in [-0.2, -0.15) is 0 Å². The molecule has 0 spiro atoms. The van der Waals surface area contributed by atoms with E-state index < -0.39 is 0 Å². The maximum atomic E-state index is 12.5. The third kappa shape index (κ3) is 4.72. The topological polar surface area (TPSA) is 55.4 Å². The fourth-order valence-electron chi connectivity index (χ4n) is 3.25. The number of hydrogen-bond acceptors (Lipinski definition) is 4. The molecule has 2 rings (SSSR count). The highest BCUT2D eigenvalue weighted by Gasteiger charge is 2.34. The summed E-state index contributed by atoms with van der Waals surface area (Å²) in [6, 6.07) is 0. The number of thiophene rings is 1. The van der Waals surface area contributed by atoms with E-state index in [1.54, 1.807) is 13.0 Å². The number of anilines is 1. The number of ether oxygens (including phenoxy) is 1. The van der Waals surface area contributed by atoms with Gasteiger partial charge in [0.2, 0.25) is 5.91 Å². The van der Waals surface area contributed by atoms with Gasteiger partial charge in [0.1, 0.15) is 5.00 Å². The molecular formula is C20H29NO3S. The molecule has 0 radical (unpaired) electrons. The van der Waals surface area contributed by atoms with Crippen molar-refractivity contribution < 1.29 is 14.3 Å². The van der Waals surface area contributed by atoms with Crippen molar-refractivity contribution in [2.75, 3.05) is 11.9 Å². The van der Waals surface area contributed by atoms with E-state index in [9.17, 15) is 9.59 Å². The normalized spacial score (nSPS) is 16.9. The summed E-state index contributed by atoms with van der Waals surface area (Å²) in [5.41, 5.74) is 1.88. The molecule has 4 nitrogen and oxygen atoms in total. The van der Waals surface area contributed by atoms with E-state index in [0.29, 0.717) is 35.9 Å². The van der Waals surface area contributed by atoms with Crippen LogP contribution in [0.3, 0.4) is 0 Å². The Hall–Kier alpha value is -1.62. The molecule has 0 fully saturated rings. The zero-order chi connectivity index (χ0) is 18.6. The summed E-state index contributed by atoms with van der Waals surface area (Å²) < 4.78 is 5.25. The monoisotopic (exact) mass is 363 g/mol. The highest BCUT2D eigenvalue weighted by atomic mass is 32.1. The van der Waals surface area contributed by atoms with Crippen molar-refractivity contribution in [3.05, 3.63) is 28.7 Å². The van der Waals surface area contributed by atoms with Crippen molar-refractivity contribution in [3.8, 4) is 0 Å². The standard InChI is InChI=1S/C20H29NO3S/c1-6-8-9-16(22)21-18-17(19(23)24-7-2)14-11-10-13(20(3,4)5)12-15(14)25-18/h6,13H,1,7-12H2,2-5H3,(H,21,22)/t13-/m1/s1. The van der Waals surface area contributed by atoms with Gasteiger partial charge in [0.05, 0.1) is 12.2 Å². The Balaban J connectivity index is 2.32. The molecule has 1 aromatic rings. The average Bonchev–Trinajstić information content (AvgIpc) is 2.89. The molecule has 5 heteroatoms. The summed E-state index contributed by atoms with van der Waals surface area (Å²) in [6.07, 6.45) is 5.60. The lowest BCUT2D eigenvalue weighted by atomic mass is 9.72. The van der Waals surface area contributed by atoms with Gasteiger partial charge >= 0.3 is 5.97 Å². The summed E-state index contributed by atoms with van der Waals surface area (Å²) >= 11 is 1.54. The van der Waals surface area contributed by atoms with Gasteiger partial charge in [0.15, 0.2) is 0 Å². The first kappa shape index (κ1) is 19.7. The SMILES string of the molecule is C=CCCC(=O)Nc1sc2c(c1C(=O)OCC)CC[C@@H](C(C)(C)C)C2. The van der Waals surface area contributed by atoms with Gasteiger partial charge in [-0.15, -0.1) is 17.9 Å². The molecule has 0 unspecified atom stereocenters. The molecule has 138 valence electrons. The molecule has 0 saturated carbocycles. The number of hydrogen-bond donors (Lipinski definition) is 1. The van der Waals surface area contributed by atoms with Crippen LogP contribution in [0.5, 0.6) is 0 Å². The molecule has 1 aliphatic rings. The first-order chi connectivity index (χ1) is 11.8. The van der Waals surface area contributed by atoms with Crippen molar-refractivity contribution in [1.29, 1.82) is 0 Å². The lowest BCUT2D eigenvalue weighted by Gasteiger charge is -2.33. The molecule has 0 saturated heterocycles. The van der Waals surface area contributed by atoms with Crippen LogP contribution in [0.25, 0.3) is 0 Å². The van der Waals surface area contributed by atoms with Gasteiger partial charge in [0, 0.05) is 11.3 Å². The van der Waals surface area contributed by atoms with E-state index >= 15 is 0 Å². The molecule has 25 heavy (non-hydrogen) atoms. The van der Waals surface area contributed by atoms with Crippen molar-refractivity contribution >= 4 is 28.2 Å². The summed E-state index contributed by atoms with van der Waals surface area (Å²) in [6.45, 7) is 12.6. The van der Waals surface area contributed by atoms with E-state index in [1.165, 1.54) is 16.2 Å². The van der Waals surface area contributed by atoms with Gasteiger partial charge in [-0.05, 0) is 49.5 Å². The third-order valence-corrected chi connectivity index (χ3v) is 5.97. The number of rotatable bonds is 6. The van der Waals surface area contributed by atoms with E-state index in [2.05, 4.69) is 32.7 Å². The Morgan fingerprint density at radius 1 is 1.40 bits per heavy atom. The molecule has 1 heterocycles. The molecule has 1 N–H and O–H groups in total. The lowest BCUT2D eigenvalue weighted by molar-refractivity contribution is -0.116. The third-order valence-electron chi connectivity index (χ3n) is 4.80. The van der Waals surface area contributed by atoms with E-state index in [-0.39, 0.29) is 17.3 Å². The molecule has 0 aromatic carbocycles. The van der Waals surface area contributed by atoms with Crippen molar-refractivity contribution in [3.63, 3.8) is 0 Å². The predicted molar refractivity (Wildman–Crippen MR) is 103 cm³/mol. The fraction of sp³-hybridized carbons (Fsp3) is 0.600. The van der Waals surface area contributed by atoms with Crippen molar-refractivity contribution in [2.24, 2.45) is 11.3 Å². The second-order valence-corrected chi connectivity index (χ2v) is 8.71. The van der Waals surface area contributed by atoms with Crippen LogP contribution in [-0.2, 0) is 22.4 Å². The Bertz CT molecular complexity index is 655. The maximum Gasteiger partial charge on any atom is 0.341 e. The Labute approximate surface area is 154 Å². The van der Waals surface area contributed by atoms with Crippen molar-refractivity contribution in [1.82, 2.24) is 0 Å². The van der Waals surface area contributed by atoms with Crippen LogP contribution < -0.4 is 5.32 Å². The highest BCUT2D eigenvalue weighted by molar-refractivity contribution is 7.17. The number of nitrogens with one attached hydrogen (secondary N) is 1. The number of allylic oxidation sites excluding steroid dienone is 1. The summed E-state index contributed by atoms with van der Waals surface area (Å²) in [7, 11) is 0. The Morgan fingerprint density at radius 3 is 2.72 bits per heavy atom. The summed E-state index contributed by atoms with van der Waals surface area (Å²) in [5.74, 6) is 0.169. The van der Waals surface area contributed by atoms with Crippen molar-refractivity contribution in [2.45, 2.75) is 59.8 Å². The molecule has 1 aromatic heterocycles. The number of esters is 1. The summed E-state index contributed by atoms with van der Waals surface area (Å²) in [5, 5.41) is 3.57. The molecular weight excluding hydrogens is 334 g/mol. The van der Waals surface area contributed by atoms with Crippen LogP contribution in [0.15, 0.2) is 12.7 Å². The lowest BCUT2D eigenvalue weighted by Crippen LogP contribution is -2.26. The minimum absolute atomic E-state index is 0.0867. The molecule has 0 bridgehead atoms. The van der Waals surface area contributed by atoms with Gasteiger partial charge < -0.3 is 10.1 Å². The number of carbonyl (C=O) groups is 2. The van der Waals surface area contributed by atoms with Gasteiger partial charge in [-0.1, -0.05) is 26.8 Å². The Morgan fingerprint density at radius 2 is 2.12 bits per heavy atom. The van der Waals surface area contributed by atoms with E-state index in [4.69, 9.17) is 4.74 Å². The van der Waals surface area contributed by atoms with Gasteiger partial charge in [-0.25, -0.2) is 4.79 Å². The fourth-order valence-corrected chi connectivity index (χ4v) is 4.59. The molecule has 1 aliphatic carbocycles. The van der Waals surface area contributed by atoms with Crippen LogP contribution in [-0.4, -0.2) is 18.5 Å². The molecule has 1 amide bonds. The van der Waals surface area contributed by atoms with Crippen LogP contribution in [0.4, 0.5) is 5.00 Å². The quantitative estimate of drug-likeness (QED) is 0.573. The van der Waals surface area contributed by atoms with Crippen LogP contribution in [0.2, 0.25) is 0 Å². The van der Waals surface area contributed by atoms with Gasteiger partial charge in [0.25, 0.3) is 0 Å². The smallest absolute Gasteiger partial charge is 0.341 e. The minimum atomic E-state index is -0.326. The predicted octanol–water partition coefficient (Wildman–Crippen LogP) is 4.98. The van der Waals surface area contributed by atoms with Crippen LogP contribution in [0.1, 0.15) is 67.8 Å². The van der Waals surface area contributed by atoms with Crippen LogP contribution >= 0.6 is 11.3 Å². The first-order valence-electron chi connectivity index (χ1n) is 9.00. The first-order valence-corrected chi connectivity index (χ1v) is 9.82. The van der Waals surface area contributed by atoms with E-state index in [0.717, 1.165) is 24.8 Å². The van der Waals surface area contributed by atoms with E-state index in [1.807, 2.05) is 0 Å². The second kappa shape index (κ2) is 8.17. The number of amides is 1. The highest BCUT2D eigenvalue weighted by Crippen LogP contribution is 2.44. The molecule has 1 atom stereocenters. The number of fused-ring (bicyclic) bond motifs is 1. The number of carbonyl (C=O) groups excluding carboxylic acids is 2. The van der Waals surface area contributed by atoms with Crippen LogP contribution in [0, 0.1) is 11.3 Å². The zero-order valence-corrected chi connectivity index (χ0v) is 16.6. The minimum Gasteiger partial charge on any atom is -0.462 e. The van der Waals surface area contributed by atoms with Gasteiger partial charge in [-0.3, -0.25) is 4.79 Å². The largest absolute Gasteiger partial charge is 0.462 e. The maximum absolute atomic E-state index is 12.5. The zero-order valence-electron chi connectivity index (χ0n) is 15.7. The Kier molecular flexibility index (Phi) is 6.44. The summed E-state index contributed by atoms with van der Waals surface area (Å²) in [4.78, 5) is 25.8. The average molecular weight is 364 g/mol. The molecule has 0 aliphatic heterocycles.